The molecule has 28 heavy (non-hydrogen) atoms. The standard InChI is InChI=1S/C12H18N4S12/c17-7(18)13(3-5-15(9(21)22)10(23)24)1-2-14(8(19)20)4-6-16(11(25)26)12(27)28/h1-6H2,(H,17,18)(H,19,20)(H,21,22)(H,23,24)(H,25,26)(H,27,28). The minimum atomic E-state index is 0.341. The van der Waals surface area contributed by atoms with Crippen LogP contribution >= 0.6 is 149 Å². The van der Waals surface area contributed by atoms with Gasteiger partial charge in [0.25, 0.3) is 0 Å². The molecule has 0 aromatic carbocycles. The lowest BCUT2D eigenvalue weighted by Gasteiger charge is -2.31. The Hall–Kier alpha value is 1.84. The molecule has 0 amide bonds. The summed E-state index contributed by atoms with van der Waals surface area (Å²) in [4.78, 5) is 7.03. The summed E-state index contributed by atoms with van der Waals surface area (Å²) < 4.78 is 2.25. The Morgan fingerprint density at radius 2 is 0.607 bits per heavy atom. The first-order valence-electron chi connectivity index (χ1n) is 7.31. The molecule has 0 N–H and O–H groups in total. The van der Waals surface area contributed by atoms with Crippen LogP contribution in [0.4, 0.5) is 0 Å². The van der Waals surface area contributed by atoms with Crippen molar-refractivity contribution in [1.29, 1.82) is 0 Å². The zero-order valence-electron chi connectivity index (χ0n) is 14.2. The highest BCUT2D eigenvalue weighted by atomic mass is 32.2. The summed E-state index contributed by atoms with van der Waals surface area (Å²) in [5.74, 6) is 0. The second-order valence-corrected chi connectivity index (χ2v) is 11.7. The molecule has 0 saturated carbocycles. The van der Waals surface area contributed by atoms with Gasteiger partial charge in [0.1, 0.15) is 25.9 Å². The maximum absolute atomic E-state index is 5.23. The zero-order valence-corrected chi connectivity index (χ0v) is 24.4. The van der Waals surface area contributed by atoms with Gasteiger partial charge in [0, 0.05) is 39.3 Å². The van der Waals surface area contributed by atoms with Gasteiger partial charge >= 0.3 is 0 Å². The van der Waals surface area contributed by atoms with Gasteiger partial charge in [-0.25, -0.2) is 0 Å². The van der Waals surface area contributed by atoms with E-state index in [1.54, 1.807) is 9.80 Å². The first-order valence-corrected chi connectivity index (χ1v) is 12.4. The van der Waals surface area contributed by atoms with Gasteiger partial charge in [0.2, 0.25) is 0 Å². The zero-order chi connectivity index (χ0) is 22.0. The smallest absolute Gasteiger partial charge is 0.138 e. The molecule has 0 aliphatic heterocycles. The van der Waals surface area contributed by atoms with E-state index >= 15 is 0 Å². The topological polar surface area (TPSA) is 13.0 Å². The molecule has 0 fully saturated rings. The largest absolute Gasteiger partial charge is 0.354 e. The van der Waals surface area contributed by atoms with Crippen molar-refractivity contribution in [1.82, 2.24) is 19.6 Å². The SMILES string of the molecule is S=C(S)N(CCN(CCN(C(=S)S)C(=S)S)C(=S)S)CCN(C(=S)S)C(=S)S. The Morgan fingerprint density at radius 1 is 0.393 bits per heavy atom. The normalized spacial score (nSPS) is 10.1. The Kier molecular flexibility index (Phi) is 16.6. The maximum Gasteiger partial charge on any atom is 0.138 e. The first-order chi connectivity index (χ1) is 12.9. The molecule has 0 bridgehead atoms. The maximum atomic E-state index is 5.23. The minimum absolute atomic E-state index is 0.341. The fraction of sp³-hybridized carbons (Fsp3) is 0.500. The van der Waals surface area contributed by atoms with E-state index in [1.807, 2.05) is 9.80 Å². The van der Waals surface area contributed by atoms with Crippen molar-refractivity contribution in [2.75, 3.05) is 39.3 Å². The summed E-state index contributed by atoms with van der Waals surface area (Å²) in [5, 5.41) is 0. The molecule has 0 aliphatic rings. The van der Waals surface area contributed by atoms with E-state index in [9.17, 15) is 0 Å². The van der Waals surface area contributed by atoms with Crippen molar-refractivity contribution < 1.29 is 0 Å². The summed E-state index contributed by atoms with van der Waals surface area (Å²) in [6, 6.07) is 0. The third-order valence-electron chi connectivity index (χ3n) is 3.29. The van der Waals surface area contributed by atoms with Crippen LogP contribution in [0, 0.1) is 0 Å². The highest BCUT2D eigenvalue weighted by Gasteiger charge is 2.17. The molecule has 0 radical (unpaired) electrons. The molecular weight excluding hydrogens is 585 g/mol. The van der Waals surface area contributed by atoms with Gasteiger partial charge in [0.05, 0.1) is 0 Å². The average Bonchev–Trinajstić information content (AvgIpc) is 2.53. The molecule has 4 nitrogen and oxygen atoms in total. The number of rotatable bonds is 9. The molecule has 158 valence electrons. The number of nitrogens with zero attached hydrogens (tertiary/aromatic N) is 4. The first kappa shape index (κ1) is 29.8. The predicted molar refractivity (Wildman–Crippen MR) is 166 cm³/mol. The number of thiocarbonyl (C=S) groups is 6. The molecule has 0 unspecified atom stereocenters. The van der Waals surface area contributed by atoms with E-state index < -0.39 is 0 Å². The van der Waals surface area contributed by atoms with Gasteiger partial charge < -0.3 is 19.6 Å². The molecule has 16 heteroatoms. The Labute approximate surface area is 231 Å². The van der Waals surface area contributed by atoms with Crippen LogP contribution in [0.5, 0.6) is 0 Å². The molecule has 0 aromatic heterocycles. The minimum Gasteiger partial charge on any atom is -0.354 e. The third kappa shape index (κ3) is 12.0. The van der Waals surface area contributed by atoms with E-state index in [4.69, 9.17) is 73.3 Å². The van der Waals surface area contributed by atoms with Crippen LogP contribution in [-0.4, -0.2) is 84.8 Å². The quantitative estimate of drug-likeness (QED) is 0.173. The molecule has 0 heterocycles. The van der Waals surface area contributed by atoms with E-state index in [-0.39, 0.29) is 0 Å². The van der Waals surface area contributed by atoms with Gasteiger partial charge in [-0.3, -0.25) is 0 Å². The monoisotopic (exact) mass is 602 g/mol. The lowest BCUT2D eigenvalue weighted by Crippen LogP contribution is -2.44. The fourth-order valence-corrected chi connectivity index (χ4v) is 4.67. The van der Waals surface area contributed by atoms with Crippen molar-refractivity contribution in [3.8, 4) is 0 Å². The van der Waals surface area contributed by atoms with E-state index in [2.05, 4.69) is 75.8 Å². The number of hydrogen-bond acceptors (Lipinski definition) is 6. The van der Waals surface area contributed by atoms with Gasteiger partial charge in [-0.2, -0.15) is 0 Å². The van der Waals surface area contributed by atoms with Crippen LogP contribution < -0.4 is 0 Å². The number of hydrogen-bond donors (Lipinski definition) is 6. The molecule has 0 aromatic rings. The second kappa shape index (κ2) is 15.6. The van der Waals surface area contributed by atoms with Crippen LogP contribution in [0.15, 0.2) is 0 Å². The Morgan fingerprint density at radius 3 is 0.786 bits per heavy atom. The summed E-state index contributed by atoms with van der Waals surface area (Å²) >= 11 is 55.9. The predicted octanol–water partition coefficient (Wildman–Crippen LogP) is 3.48. The summed E-state index contributed by atoms with van der Waals surface area (Å²) in [6.45, 7) is 3.14. The van der Waals surface area contributed by atoms with Gasteiger partial charge in [-0.1, -0.05) is 73.3 Å². The van der Waals surface area contributed by atoms with Crippen molar-refractivity contribution in [2.24, 2.45) is 0 Å². The molecule has 0 aliphatic carbocycles. The molecule has 0 rings (SSSR count). The van der Waals surface area contributed by atoms with E-state index in [1.165, 1.54) is 0 Å². The van der Waals surface area contributed by atoms with Crippen molar-refractivity contribution >= 4 is 175 Å². The molecule has 0 saturated heterocycles. The number of thiol groups is 6. The van der Waals surface area contributed by atoms with Crippen LogP contribution in [-0.2, 0) is 0 Å². The Balaban J connectivity index is 4.90. The molecule has 0 atom stereocenters. The molecular formula is C12H18N4S12. The van der Waals surface area contributed by atoms with Crippen molar-refractivity contribution in [2.45, 2.75) is 0 Å². The van der Waals surface area contributed by atoms with Crippen LogP contribution in [0.1, 0.15) is 0 Å². The highest BCUT2D eigenvalue weighted by molar-refractivity contribution is 8.14. The van der Waals surface area contributed by atoms with Gasteiger partial charge in [0.15, 0.2) is 0 Å². The highest BCUT2D eigenvalue weighted by Crippen LogP contribution is 2.08. The van der Waals surface area contributed by atoms with Crippen molar-refractivity contribution in [3.05, 3.63) is 0 Å². The molecule has 0 spiro atoms. The lowest BCUT2D eigenvalue weighted by molar-refractivity contribution is 0.336. The average molecular weight is 603 g/mol. The van der Waals surface area contributed by atoms with Gasteiger partial charge in [-0.05, 0) is 0 Å². The summed E-state index contributed by atoms with van der Waals surface area (Å²) in [5.41, 5.74) is 0. The van der Waals surface area contributed by atoms with Crippen LogP contribution in [0.2, 0.25) is 0 Å². The van der Waals surface area contributed by atoms with Crippen LogP contribution in [0.25, 0.3) is 0 Å². The fourth-order valence-electron chi connectivity index (χ4n) is 1.84. The third-order valence-corrected chi connectivity index (χ3v) is 6.22. The summed E-state index contributed by atoms with van der Waals surface area (Å²) in [7, 11) is 0. The van der Waals surface area contributed by atoms with Crippen LogP contribution in [0.3, 0.4) is 0 Å². The van der Waals surface area contributed by atoms with E-state index in [0.717, 1.165) is 0 Å². The lowest BCUT2D eigenvalue weighted by atomic mass is 10.4. The summed E-state index contributed by atoms with van der Waals surface area (Å²) in [6.07, 6.45) is 0. The Bertz CT molecular complexity index is 556. The van der Waals surface area contributed by atoms with Crippen molar-refractivity contribution in [3.63, 3.8) is 0 Å². The van der Waals surface area contributed by atoms with Gasteiger partial charge in [-0.15, -0.1) is 75.8 Å². The van der Waals surface area contributed by atoms with E-state index in [0.29, 0.717) is 65.2 Å². The second-order valence-electron chi connectivity index (χ2n) is 4.97.